The maximum atomic E-state index is 5.98. The first-order valence-electron chi connectivity index (χ1n) is 39.3. The normalized spacial score (nSPS) is 26.1. The van der Waals surface area contributed by atoms with Gasteiger partial charge < -0.3 is 37.3 Å². The second-order valence-corrected chi connectivity index (χ2v) is 37.1. The minimum absolute atomic E-state index is 0.0581. The summed E-state index contributed by atoms with van der Waals surface area (Å²) in [6, 6.07) is 42.8. The molecule has 23 rings (SSSR count). The average molecular weight is 1450 g/mol. The lowest BCUT2D eigenvalue weighted by molar-refractivity contribution is -0.0573. The molecule has 12 aromatic rings. The van der Waals surface area contributed by atoms with Crippen LogP contribution in [0.25, 0.3) is 41.1 Å². The van der Waals surface area contributed by atoms with E-state index in [1.165, 1.54) is 192 Å². The number of rotatable bonds is 3. The Labute approximate surface area is 627 Å². The predicted molar refractivity (Wildman–Crippen MR) is 436 cm³/mol. The molecule has 4 bridgehead atoms. The number of benzene rings is 4. The summed E-state index contributed by atoms with van der Waals surface area (Å²) in [4.78, 5) is 17.2. The van der Waals surface area contributed by atoms with E-state index >= 15 is 0 Å². The minimum atomic E-state index is -0.0590. The van der Waals surface area contributed by atoms with Crippen LogP contribution >= 0.6 is 45.3 Å². The zero-order chi connectivity index (χ0) is 71.4. The predicted octanol–water partition coefficient (Wildman–Crippen LogP) is 27.6. The Morgan fingerprint density at radius 3 is 1.37 bits per heavy atom. The number of para-hydroxylation sites is 4. The molecule has 103 heavy (non-hydrogen) atoms. The van der Waals surface area contributed by atoms with Crippen LogP contribution in [0.1, 0.15) is 248 Å². The van der Waals surface area contributed by atoms with Crippen LogP contribution in [0.5, 0.6) is 0 Å². The van der Waals surface area contributed by atoms with Gasteiger partial charge in [-0.3, -0.25) is 0 Å². The SMILES string of the molecule is CC.CC.Cc1cccc2c1N1C(C)c3c(sc4ccoc34)C1(C)C(C)(C)C2(C)C.Cc1ccccc1N1C(C)c2c(sc3ccoc23)C12CCCC2.Cc1ccccc1N1Cc2c(sc3ccoc23)C12C1CC3CC(C1)CC2C3.Cc1ccccc1N1Cc2c(sc3ccoc23)C12CCCCC2. The molecule has 0 amide bonds. The molecule has 0 N–H and O–H groups in total. The highest BCUT2D eigenvalue weighted by Crippen LogP contribution is 2.72. The second-order valence-electron chi connectivity index (χ2n) is 32.8. The maximum Gasteiger partial charge on any atom is 0.150 e. The zero-order valence-corrected chi connectivity index (χ0v) is 66.9. The van der Waals surface area contributed by atoms with Crippen molar-refractivity contribution in [1.29, 1.82) is 0 Å². The van der Waals surface area contributed by atoms with E-state index in [0.717, 1.165) is 53.5 Å². The lowest BCUT2D eigenvalue weighted by Gasteiger charge is -2.63. The third-order valence-electron chi connectivity index (χ3n) is 27.9. The van der Waals surface area contributed by atoms with Crippen molar-refractivity contribution < 1.29 is 17.7 Å². The molecule has 0 saturated heterocycles. The van der Waals surface area contributed by atoms with Crippen LogP contribution in [-0.4, -0.2) is 0 Å². The first kappa shape index (κ1) is 69.1. The van der Waals surface area contributed by atoms with Crippen LogP contribution in [0.4, 0.5) is 22.7 Å². The van der Waals surface area contributed by atoms with Gasteiger partial charge in [-0.2, -0.15) is 0 Å². The molecule has 3 unspecified atom stereocenters. The zero-order valence-electron chi connectivity index (χ0n) is 63.6. The van der Waals surface area contributed by atoms with Gasteiger partial charge in [-0.25, -0.2) is 0 Å². The van der Waals surface area contributed by atoms with Gasteiger partial charge in [0.15, 0.2) is 0 Å². The van der Waals surface area contributed by atoms with Gasteiger partial charge >= 0.3 is 0 Å². The van der Waals surface area contributed by atoms with E-state index in [2.05, 4.69) is 211 Å². The fourth-order valence-corrected chi connectivity index (χ4v) is 28.6. The molecule has 13 heterocycles. The lowest BCUT2D eigenvalue weighted by atomic mass is 9.48. The smallest absolute Gasteiger partial charge is 0.150 e. The molecular formula is C91H106N4O4S4. The molecule has 3 spiro atoms. The fourth-order valence-electron chi connectivity index (χ4n) is 22.8. The molecule has 4 aromatic carbocycles. The third-order valence-corrected chi connectivity index (χ3v) is 33.3. The summed E-state index contributed by atoms with van der Waals surface area (Å²) < 4.78 is 28.9. The van der Waals surface area contributed by atoms with Crippen molar-refractivity contribution in [3.8, 4) is 0 Å². The number of anilines is 4. The van der Waals surface area contributed by atoms with Gasteiger partial charge in [-0.05, 0) is 206 Å². The van der Waals surface area contributed by atoms with Gasteiger partial charge in [0, 0.05) is 83.0 Å². The van der Waals surface area contributed by atoms with Gasteiger partial charge in [0.1, 0.15) is 22.3 Å². The molecule has 12 heteroatoms. The second kappa shape index (κ2) is 25.6. The van der Waals surface area contributed by atoms with Crippen molar-refractivity contribution in [1.82, 2.24) is 0 Å². The number of furan rings is 4. The molecular weight excluding hydrogens is 1340 g/mol. The third kappa shape index (κ3) is 9.71. The minimum Gasteiger partial charge on any atom is -0.463 e. The number of hydrogen-bond donors (Lipinski definition) is 0. The Balaban J connectivity index is 0.000000100. The van der Waals surface area contributed by atoms with Gasteiger partial charge in [0.05, 0.1) is 78.1 Å². The Morgan fingerprint density at radius 1 is 0.398 bits per heavy atom. The highest BCUT2D eigenvalue weighted by atomic mass is 32.1. The number of nitrogens with zero attached hydrogens (tertiary/aromatic N) is 4. The summed E-state index contributed by atoms with van der Waals surface area (Å²) >= 11 is 7.90. The number of fused-ring (bicyclic) bond motifs is 18. The summed E-state index contributed by atoms with van der Waals surface area (Å²) in [5.41, 5.74) is 23.6. The highest BCUT2D eigenvalue weighted by molar-refractivity contribution is 7.20. The van der Waals surface area contributed by atoms with Crippen LogP contribution in [0, 0.1) is 56.8 Å². The summed E-state index contributed by atoms with van der Waals surface area (Å²) in [5.74, 6) is 3.61. The van der Waals surface area contributed by atoms with Crippen molar-refractivity contribution in [2.45, 2.75) is 246 Å². The summed E-state index contributed by atoms with van der Waals surface area (Å²) in [5, 5.41) is 0. The van der Waals surface area contributed by atoms with Crippen molar-refractivity contribution in [3.63, 3.8) is 0 Å². The van der Waals surface area contributed by atoms with Crippen molar-refractivity contribution in [2.75, 3.05) is 19.6 Å². The van der Waals surface area contributed by atoms with Gasteiger partial charge in [-0.15, -0.1) is 45.3 Å². The quantitative estimate of drug-likeness (QED) is 0.173. The largest absolute Gasteiger partial charge is 0.463 e. The van der Waals surface area contributed by atoms with Crippen LogP contribution in [0.3, 0.4) is 0 Å². The molecule has 5 aliphatic heterocycles. The summed E-state index contributed by atoms with van der Waals surface area (Å²) in [7, 11) is 0. The van der Waals surface area contributed by atoms with Gasteiger partial charge in [0.2, 0.25) is 0 Å². The molecule has 538 valence electrons. The number of thiophene rings is 4. The number of aryl methyl sites for hydroxylation is 4. The molecule has 11 aliphatic rings. The summed E-state index contributed by atoms with van der Waals surface area (Å²) in [6.45, 7) is 36.0. The molecule has 6 fully saturated rings. The van der Waals surface area contributed by atoms with Crippen LogP contribution in [0.15, 0.2) is 158 Å². The average Bonchev–Trinajstić information content (AvgIpc) is 1.56. The standard InChI is InChI=1S/C24H25NOS.C23H27NOS.2C20H21NOS.2C2H6/c1-14-4-2-3-5-20(14)25-13-19-22-21(6-7-26-22)27-23(19)24(25)17-9-15-8-16(11-17)12-18(24)10-15;1-13-9-8-10-15-18(13)24-14(2)17-19-16(11-12-25-19)26-20(17)23(24,7)22(5,6)21(15,3)4;1-13-7-3-4-8-15(13)21-14(2)17-18-16(9-12-22-18)23-19(17)20(21)10-5-6-11-20;1-14-7-3-4-8-16(14)21-13-15-18-17(9-12-22-18)23-19(15)20(21)10-5-2-6-11-20;2*1-2/h2-7,15-18H,8-13H2,1H3;8-12,14H,1-7H3;3-4,7-9,12,14H,5-6,10-11H2,1-2H3;3-4,7-9,12H,2,5-6,10-11,13H2,1H3;2*1-2H3. The van der Waals surface area contributed by atoms with E-state index in [-0.39, 0.29) is 33.0 Å². The first-order chi connectivity index (χ1) is 49.9. The first-order valence-corrected chi connectivity index (χ1v) is 42.6. The Morgan fingerprint density at radius 2 is 0.816 bits per heavy atom. The Kier molecular flexibility index (Phi) is 17.2. The van der Waals surface area contributed by atoms with Crippen molar-refractivity contribution in [3.05, 3.63) is 210 Å². The molecule has 8 nitrogen and oxygen atoms in total. The molecule has 6 aliphatic carbocycles. The van der Waals surface area contributed by atoms with Gasteiger partial charge in [-0.1, -0.05) is 160 Å². The Bertz CT molecular complexity index is 5110. The van der Waals surface area contributed by atoms with Gasteiger partial charge in [0.25, 0.3) is 0 Å². The van der Waals surface area contributed by atoms with Crippen LogP contribution in [0.2, 0.25) is 0 Å². The lowest BCUT2D eigenvalue weighted by Crippen LogP contribution is -2.61. The Hall–Kier alpha value is -6.96. The fraction of sp³-hybridized carbons (Fsp3) is 0.473. The van der Waals surface area contributed by atoms with Crippen LogP contribution in [-0.2, 0) is 40.7 Å². The highest BCUT2D eigenvalue weighted by Gasteiger charge is 2.67. The molecule has 8 aromatic heterocycles. The maximum absolute atomic E-state index is 5.98. The summed E-state index contributed by atoms with van der Waals surface area (Å²) in [6.07, 6.45) is 26.4. The van der Waals surface area contributed by atoms with E-state index in [1.54, 1.807) is 14.6 Å². The van der Waals surface area contributed by atoms with E-state index in [4.69, 9.17) is 17.7 Å². The topological polar surface area (TPSA) is 65.5 Å². The van der Waals surface area contributed by atoms with E-state index in [9.17, 15) is 0 Å². The number of hydrogen-bond acceptors (Lipinski definition) is 12. The van der Waals surface area contributed by atoms with E-state index in [1.807, 2.05) is 98.1 Å². The molecule has 3 atom stereocenters. The van der Waals surface area contributed by atoms with E-state index in [0.29, 0.717) is 12.1 Å². The van der Waals surface area contributed by atoms with Crippen molar-refractivity contribution >= 4 is 109 Å². The molecule has 0 radical (unpaired) electrons. The van der Waals surface area contributed by atoms with E-state index < -0.39 is 0 Å². The van der Waals surface area contributed by atoms with Crippen LogP contribution < -0.4 is 19.6 Å². The van der Waals surface area contributed by atoms with Crippen molar-refractivity contribution in [2.24, 2.45) is 29.1 Å². The molecule has 6 saturated carbocycles. The monoisotopic (exact) mass is 1450 g/mol.